The van der Waals surface area contributed by atoms with Crippen molar-refractivity contribution < 1.29 is 9.47 Å². The minimum Gasteiger partial charge on any atom is -0.497 e. The smallest absolute Gasteiger partial charge is 0.318 e. The molecule has 0 saturated carbocycles. The molecule has 3 aromatic rings. The summed E-state index contributed by atoms with van der Waals surface area (Å²) in [5, 5.41) is 10.0. The van der Waals surface area contributed by atoms with E-state index in [2.05, 4.69) is 37.6 Å². The number of methoxy groups -OCH3 is 2. The maximum Gasteiger partial charge on any atom is 0.318 e. The number of anilines is 1. The average molecular weight is 325 g/mol. The second-order valence-corrected chi connectivity index (χ2v) is 5.14. The number of hydrogen-bond acceptors (Lipinski definition) is 6. The second-order valence-electron chi connectivity index (χ2n) is 5.14. The molecule has 124 valence electrons. The van der Waals surface area contributed by atoms with E-state index in [0.29, 0.717) is 11.8 Å². The Morgan fingerprint density at radius 1 is 1.08 bits per heavy atom. The highest BCUT2D eigenvalue weighted by Crippen LogP contribution is 2.21. The number of nitrogens with one attached hydrogen (secondary N) is 2. The van der Waals surface area contributed by atoms with Gasteiger partial charge < -0.3 is 14.8 Å². The SMILES string of the molecule is COc1ccc(CCNc2cc(-c3cn[nH]c3)nc(OC)n2)cc1. The van der Waals surface area contributed by atoms with Crippen molar-refractivity contribution >= 4 is 5.82 Å². The van der Waals surface area contributed by atoms with Gasteiger partial charge in [-0.05, 0) is 24.1 Å². The summed E-state index contributed by atoms with van der Waals surface area (Å²) in [6.45, 7) is 0.747. The van der Waals surface area contributed by atoms with E-state index >= 15 is 0 Å². The summed E-state index contributed by atoms with van der Waals surface area (Å²) in [4.78, 5) is 8.66. The molecule has 0 aliphatic rings. The van der Waals surface area contributed by atoms with Gasteiger partial charge in [-0.15, -0.1) is 0 Å². The number of benzene rings is 1. The van der Waals surface area contributed by atoms with Crippen LogP contribution in [0.4, 0.5) is 5.82 Å². The Kier molecular flexibility index (Phi) is 4.90. The van der Waals surface area contributed by atoms with Crippen LogP contribution in [0.25, 0.3) is 11.3 Å². The van der Waals surface area contributed by atoms with Crippen molar-refractivity contribution in [3.05, 3.63) is 48.3 Å². The van der Waals surface area contributed by atoms with E-state index in [1.54, 1.807) is 26.6 Å². The molecule has 0 saturated heterocycles. The summed E-state index contributed by atoms with van der Waals surface area (Å²) in [6, 6.07) is 10.2. The molecule has 7 heteroatoms. The van der Waals surface area contributed by atoms with Gasteiger partial charge >= 0.3 is 6.01 Å². The van der Waals surface area contributed by atoms with Gasteiger partial charge in [0.05, 0.1) is 26.1 Å². The zero-order valence-electron chi connectivity index (χ0n) is 13.6. The number of aromatic nitrogens is 4. The van der Waals surface area contributed by atoms with E-state index in [4.69, 9.17) is 9.47 Å². The first kappa shape index (κ1) is 15.8. The Hall–Kier alpha value is -3.09. The van der Waals surface area contributed by atoms with Crippen LogP contribution in [-0.4, -0.2) is 40.9 Å². The lowest BCUT2D eigenvalue weighted by atomic mass is 10.1. The van der Waals surface area contributed by atoms with Gasteiger partial charge in [-0.3, -0.25) is 5.10 Å². The molecule has 3 rings (SSSR count). The molecule has 0 aliphatic heterocycles. The highest BCUT2D eigenvalue weighted by Gasteiger charge is 2.08. The van der Waals surface area contributed by atoms with Crippen molar-refractivity contribution in [2.75, 3.05) is 26.1 Å². The van der Waals surface area contributed by atoms with Crippen LogP contribution in [0.2, 0.25) is 0 Å². The molecule has 0 unspecified atom stereocenters. The Labute approximate surface area is 140 Å². The van der Waals surface area contributed by atoms with Crippen LogP contribution < -0.4 is 14.8 Å². The third-order valence-electron chi connectivity index (χ3n) is 3.56. The van der Waals surface area contributed by atoms with E-state index < -0.39 is 0 Å². The van der Waals surface area contributed by atoms with Gasteiger partial charge in [0.15, 0.2) is 0 Å². The predicted molar refractivity (Wildman–Crippen MR) is 91.4 cm³/mol. The van der Waals surface area contributed by atoms with Gasteiger partial charge in [0.1, 0.15) is 11.6 Å². The van der Waals surface area contributed by atoms with Gasteiger partial charge in [0.25, 0.3) is 0 Å². The van der Waals surface area contributed by atoms with E-state index in [9.17, 15) is 0 Å². The van der Waals surface area contributed by atoms with Gasteiger partial charge in [0, 0.05) is 24.4 Å². The maximum absolute atomic E-state index is 5.18. The lowest BCUT2D eigenvalue weighted by Crippen LogP contribution is -2.08. The largest absolute Gasteiger partial charge is 0.497 e. The number of ether oxygens (including phenoxy) is 2. The molecule has 0 amide bonds. The summed E-state index contributed by atoms with van der Waals surface area (Å²) in [5.74, 6) is 1.57. The summed E-state index contributed by atoms with van der Waals surface area (Å²) in [7, 11) is 3.21. The highest BCUT2D eigenvalue weighted by atomic mass is 16.5. The Morgan fingerprint density at radius 2 is 1.92 bits per heavy atom. The summed E-state index contributed by atoms with van der Waals surface area (Å²) >= 11 is 0. The molecular weight excluding hydrogens is 306 g/mol. The lowest BCUT2D eigenvalue weighted by Gasteiger charge is -2.09. The third kappa shape index (κ3) is 3.81. The average Bonchev–Trinajstić information content (AvgIpc) is 3.17. The topological polar surface area (TPSA) is 85.0 Å². The van der Waals surface area contributed by atoms with Crippen LogP contribution in [0, 0.1) is 0 Å². The highest BCUT2D eigenvalue weighted by molar-refractivity contribution is 5.61. The van der Waals surface area contributed by atoms with E-state index in [-0.39, 0.29) is 0 Å². The van der Waals surface area contributed by atoms with Crippen LogP contribution in [0.3, 0.4) is 0 Å². The number of hydrogen-bond donors (Lipinski definition) is 2. The first-order chi connectivity index (χ1) is 11.8. The number of H-pyrrole nitrogens is 1. The van der Waals surface area contributed by atoms with Crippen molar-refractivity contribution in [1.82, 2.24) is 20.2 Å². The molecule has 24 heavy (non-hydrogen) atoms. The summed E-state index contributed by atoms with van der Waals surface area (Å²) in [5.41, 5.74) is 2.86. The third-order valence-corrected chi connectivity index (χ3v) is 3.56. The second kappa shape index (κ2) is 7.45. The van der Waals surface area contributed by atoms with Gasteiger partial charge in [-0.1, -0.05) is 12.1 Å². The molecule has 2 aromatic heterocycles. The molecule has 0 bridgehead atoms. The monoisotopic (exact) mass is 325 g/mol. The zero-order valence-corrected chi connectivity index (χ0v) is 13.6. The first-order valence-corrected chi connectivity index (χ1v) is 7.57. The molecule has 1 aromatic carbocycles. The quantitative estimate of drug-likeness (QED) is 0.694. The Balaban J connectivity index is 1.66. The Bertz CT molecular complexity index is 772. The van der Waals surface area contributed by atoms with E-state index in [1.165, 1.54) is 5.56 Å². The molecule has 2 N–H and O–H groups in total. The normalized spacial score (nSPS) is 10.4. The van der Waals surface area contributed by atoms with Crippen LogP contribution in [0.1, 0.15) is 5.56 Å². The van der Waals surface area contributed by atoms with Crippen LogP contribution in [0.15, 0.2) is 42.7 Å². The molecule has 0 aliphatic carbocycles. The zero-order chi connectivity index (χ0) is 16.8. The number of rotatable bonds is 7. The molecule has 0 radical (unpaired) electrons. The van der Waals surface area contributed by atoms with Crippen molar-refractivity contribution in [3.8, 4) is 23.0 Å². The lowest BCUT2D eigenvalue weighted by molar-refractivity contribution is 0.381. The van der Waals surface area contributed by atoms with Crippen molar-refractivity contribution in [1.29, 1.82) is 0 Å². The predicted octanol–water partition coefficient (Wildman–Crippen LogP) is 2.54. The van der Waals surface area contributed by atoms with Crippen LogP contribution in [-0.2, 0) is 6.42 Å². The first-order valence-electron chi connectivity index (χ1n) is 7.57. The standard InChI is InChI=1S/C17H19N5O2/c1-23-14-5-3-12(4-6-14)7-8-18-16-9-15(13-10-19-20-11-13)21-17(22-16)24-2/h3-6,9-11H,7-8H2,1-2H3,(H,19,20)(H,18,21,22). The summed E-state index contributed by atoms with van der Waals surface area (Å²) in [6.07, 6.45) is 4.36. The fourth-order valence-electron chi connectivity index (χ4n) is 2.27. The van der Waals surface area contributed by atoms with Crippen LogP contribution in [0.5, 0.6) is 11.8 Å². The van der Waals surface area contributed by atoms with Crippen LogP contribution >= 0.6 is 0 Å². The van der Waals surface area contributed by atoms with E-state index in [1.807, 2.05) is 18.2 Å². The molecule has 2 heterocycles. The number of nitrogens with zero attached hydrogens (tertiary/aromatic N) is 3. The number of aromatic amines is 1. The maximum atomic E-state index is 5.18. The molecule has 0 atom stereocenters. The Morgan fingerprint density at radius 3 is 2.58 bits per heavy atom. The minimum absolute atomic E-state index is 0.320. The fourth-order valence-corrected chi connectivity index (χ4v) is 2.27. The van der Waals surface area contributed by atoms with Crippen molar-refractivity contribution in [3.63, 3.8) is 0 Å². The molecule has 0 spiro atoms. The summed E-state index contributed by atoms with van der Waals surface area (Å²) < 4.78 is 10.3. The molecular formula is C17H19N5O2. The molecule has 7 nitrogen and oxygen atoms in total. The minimum atomic E-state index is 0.320. The van der Waals surface area contributed by atoms with Gasteiger partial charge in [0.2, 0.25) is 0 Å². The van der Waals surface area contributed by atoms with Crippen molar-refractivity contribution in [2.24, 2.45) is 0 Å². The fraction of sp³-hybridized carbons (Fsp3) is 0.235. The van der Waals surface area contributed by atoms with Gasteiger partial charge in [-0.25, -0.2) is 0 Å². The molecule has 0 fully saturated rings. The van der Waals surface area contributed by atoms with E-state index in [0.717, 1.165) is 30.0 Å². The van der Waals surface area contributed by atoms with Crippen molar-refractivity contribution in [2.45, 2.75) is 6.42 Å². The van der Waals surface area contributed by atoms with Gasteiger partial charge in [-0.2, -0.15) is 15.1 Å².